The van der Waals surface area contributed by atoms with Gasteiger partial charge in [-0.05, 0) is 57.6 Å². The molecule has 128 valence electrons. The van der Waals surface area contributed by atoms with E-state index in [1.165, 1.54) is 54.6 Å². The largest absolute Gasteiger partial charge is 0.375 e. The highest BCUT2D eigenvalue weighted by molar-refractivity contribution is 7.22. The number of rotatable bonds is 4. The fourth-order valence-corrected chi connectivity index (χ4v) is 4.84. The fourth-order valence-electron chi connectivity index (χ4n) is 3.89. The van der Waals surface area contributed by atoms with Crippen LogP contribution in [-0.2, 0) is 6.42 Å². The lowest BCUT2D eigenvalue weighted by atomic mass is 9.81. The first-order valence-electron chi connectivity index (χ1n) is 8.82. The molecule has 0 spiro atoms. The van der Waals surface area contributed by atoms with E-state index in [0.29, 0.717) is 5.13 Å². The van der Waals surface area contributed by atoms with E-state index in [1.54, 1.807) is 6.92 Å². The van der Waals surface area contributed by atoms with Crippen LogP contribution < -0.4 is 5.73 Å². The Morgan fingerprint density at radius 1 is 1.21 bits per heavy atom. The molecule has 24 heavy (non-hydrogen) atoms. The lowest BCUT2D eigenvalue weighted by Crippen LogP contribution is -2.10. The number of carbonyl (C=O) groups is 1. The molecule has 0 atom stereocenters. The van der Waals surface area contributed by atoms with Crippen molar-refractivity contribution in [2.24, 2.45) is 5.92 Å². The number of nitrogen functional groups attached to an aromatic ring is 1. The molecule has 0 bridgehead atoms. The van der Waals surface area contributed by atoms with Gasteiger partial charge in [-0.25, -0.2) is 4.98 Å². The van der Waals surface area contributed by atoms with Crippen LogP contribution in [0.15, 0.2) is 23.3 Å². The van der Waals surface area contributed by atoms with Gasteiger partial charge in [-0.3, -0.25) is 4.79 Å². The van der Waals surface area contributed by atoms with E-state index in [4.69, 9.17) is 5.73 Å². The molecule has 1 aromatic carbocycles. The van der Waals surface area contributed by atoms with Crippen LogP contribution in [0.5, 0.6) is 0 Å². The van der Waals surface area contributed by atoms with Gasteiger partial charge in [-0.2, -0.15) is 0 Å². The van der Waals surface area contributed by atoms with Crippen molar-refractivity contribution in [2.45, 2.75) is 59.3 Å². The third-order valence-corrected chi connectivity index (χ3v) is 6.28. The number of hydrogen-bond acceptors (Lipinski definition) is 4. The molecular formula is C20H26N2OS. The van der Waals surface area contributed by atoms with E-state index in [9.17, 15) is 4.79 Å². The van der Waals surface area contributed by atoms with Gasteiger partial charge in [-0.15, -0.1) is 0 Å². The predicted octanol–water partition coefficient (Wildman–Crippen LogP) is 5.54. The molecule has 3 nitrogen and oxygen atoms in total. The number of Topliss-reactive ketones (excluding diaryl/α,β-unsaturated/α-hetero) is 1. The van der Waals surface area contributed by atoms with Crippen LogP contribution in [0.2, 0.25) is 0 Å². The average molecular weight is 343 g/mol. The predicted molar refractivity (Wildman–Crippen MR) is 103 cm³/mol. The van der Waals surface area contributed by atoms with Gasteiger partial charge in [0.15, 0.2) is 10.9 Å². The van der Waals surface area contributed by atoms with Crippen LogP contribution >= 0.6 is 11.3 Å². The molecule has 0 unspecified atom stereocenters. The number of nitrogens with two attached hydrogens (primary N) is 1. The van der Waals surface area contributed by atoms with Crippen LogP contribution in [-0.4, -0.2) is 10.8 Å². The first-order chi connectivity index (χ1) is 11.5. The molecule has 1 aromatic heterocycles. The van der Waals surface area contributed by atoms with Gasteiger partial charge in [0.1, 0.15) is 0 Å². The van der Waals surface area contributed by atoms with Crippen molar-refractivity contribution < 1.29 is 4.79 Å². The summed E-state index contributed by atoms with van der Waals surface area (Å²) in [5, 5.41) is 0.523. The standard InChI is InChI=1S/C20H26N2OS/c1-12(13(2)15-7-5-4-6-8-15)11-16-9-10-17-19(18(16)14(3)23)24-20(21)22-17/h9-10,15H,4-8,11H2,1-3H3,(H2,21,22)/b13-12+. The molecule has 0 aliphatic heterocycles. The third-order valence-electron chi connectivity index (χ3n) is 5.36. The van der Waals surface area contributed by atoms with Crippen molar-refractivity contribution in [3.05, 3.63) is 34.4 Å². The number of anilines is 1. The highest BCUT2D eigenvalue weighted by Crippen LogP contribution is 2.34. The van der Waals surface area contributed by atoms with Gasteiger partial charge >= 0.3 is 0 Å². The quantitative estimate of drug-likeness (QED) is 0.586. The van der Waals surface area contributed by atoms with Crippen molar-refractivity contribution in [3.8, 4) is 0 Å². The van der Waals surface area contributed by atoms with Gasteiger partial charge in [0.05, 0.1) is 10.2 Å². The van der Waals surface area contributed by atoms with E-state index in [2.05, 4.69) is 24.9 Å². The Kier molecular flexibility index (Phi) is 5.04. The highest BCUT2D eigenvalue weighted by Gasteiger charge is 2.19. The molecule has 0 radical (unpaired) electrons. The SMILES string of the molecule is CC(=O)c1c(C/C(C)=C(\C)C2CCCCC2)ccc2nc(N)sc12. The zero-order valence-corrected chi connectivity index (χ0v) is 15.6. The summed E-state index contributed by atoms with van der Waals surface area (Å²) in [7, 11) is 0. The molecule has 2 aromatic rings. The minimum atomic E-state index is 0.0994. The van der Waals surface area contributed by atoms with Crippen molar-refractivity contribution in [1.29, 1.82) is 0 Å². The van der Waals surface area contributed by atoms with Crippen LogP contribution in [0.1, 0.15) is 68.8 Å². The monoisotopic (exact) mass is 342 g/mol. The lowest BCUT2D eigenvalue weighted by Gasteiger charge is -2.24. The molecule has 0 amide bonds. The molecular weight excluding hydrogens is 316 g/mol. The summed E-state index contributed by atoms with van der Waals surface area (Å²) in [6, 6.07) is 4.04. The molecule has 1 saturated carbocycles. The average Bonchev–Trinajstić information content (AvgIpc) is 2.94. The highest BCUT2D eigenvalue weighted by atomic mass is 32.1. The first-order valence-corrected chi connectivity index (χ1v) is 9.64. The second-order valence-corrected chi connectivity index (χ2v) is 8.06. The minimum Gasteiger partial charge on any atom is -0.375 e. The van der Waals surface area contributed by atoms with Crippen LogP contribution in [0.4, 0.5) is 5.13 Å². The summed E-state index contributed by atoms with van der Waals surface area (Å²) in [5.74, 6) is 0.824. The van der Waals surface area contributed by atoms with Gasteiger partial charge in [-0.1, -0.05) is 47.8 Å². The number of benzene rings is 1. The van der Waals surface area contributed by atoms with Gasteiger partial charge in [0.25, 0.3) is 0 Å². The molecule has 1 aliphatic rings. The number of allylic oxidation sites excluding steroid dienone is 2. The Morgan fingerprint density at radius 2 is 1.92 bits per heavy atom. The zero-order valence-electron chi connectivity index (χ0n) is 14.8. The van der Waals surface area contributed by atoms with Crippen molar-refractivity contribution in [1.82, 2.24) is 4.98 Å². The second kappa shape index (κ2) is 7.06. The molecule has 4 heteroatoms. The Bertz CT molecular complexity index is 797. The van der Waals surface area contributed by atoms with Crippen LogP contribution in [0.3, 0.4) is 0 Å². The van der Waals surface area contributed by atoms with Gasteiger partial charge in [0, 0.05) is 5.56 Å². The number of fused-ring (bicyclic) bond motifs is 1. The summed E-state index contributed by atoms with van der Waals surface area (Å²) in [6.45, 7) is 6.14. The Labute approximate surface area is 148 Å². The maximum absolute atomic E-state index is 12.3. The smallest absolute Gasteiger partial charge is 0.181 e. The van der Waals surface area contributed by atoms with Gasteiger partial charge in [0.2, 0.25) is 0 Å². The second-order valence-electron chi connectivity index (χ2n) is 7.03. The normalized spacial score (nSPS) is 17.1. The summed E-state index contributed by atoms with van der Waals surface area (Å²) in [5.41, 5.74) is 11.5. The van der Waals surface area contributed by atoms with E-state index >= 15 is 0 Å². The first kappa shape index (κ1) is 17.2. The van der Waals surface area contributed by atoms with Crippen molar-refractivity contribution in [2.75, 3.05) is 5.73 Å². The topological polar surface area (TPSA) is 56.0 Å². The lowest BCUT2D eigenvalue weighted by molar-refractivity contribution is 0.101. The van der Waals surface area contributed by atoms with Crippen LogP contribution in [0.25, 0.3) is 10.2 Å². The summed E-state index contributed by atoms with van der Waals surface area (Å²) in [4.78, 5) is 16.6. The molecule has 3 rings (SSSR count). The minimum absolute atomic E-state index is 0.0994. The van der Waals surface area contributed by atoms with E-state index in [0.717, 1.165) is 33.7 Å². The zero-order chi connectivity index (χ0) is 17.3. The number of nitrogens with zero attached hydrogens (tertiary/aromatic N) is 1. The molecule has 1 fully saturated rings. The Morgan fingerprint density at radius 3 is 2.58 bits per heavy atom. The molecule has 1 heterocycles. The van der Waals surface area contributed by atoms with Crippen LogP contribution in [0, 0.1) is 5.92 Å². The molecule has 1 aliphatic carbocycles. The van der Waals surface area contributed by atoms with E-state index < -0.39 is 0 Å². The maximum atomic E-state index is 12.3. The summed E-state index contributed by atoms with van der Waals surface area (Å²) < 4.78 is 0.931. The number of hydrogen-bond donors (Lipinski definition) is 1. The fraction of sp³-hybridized carbons (Fsp3) is 0.500. The van der Waals surface area contributed by atoms with E-state index in [1.807, 2.05) is 6.07 Å². The van der Waals surface area contributed by atoms with Crippen molar-refractivity contribution >= 4 is 32.5 Å². The number of thiazole rings is 1. The third kappa shape index (κ3) is 3.39. The summed E-state index contributed by atoms with van der Waals surface area (Å²) in [6.07, 6.45) is 7.53. The maximum Gasteiger partial charge on any atom is 0.181 e. The number of aromatic nitrogens is 1. The number of ketones is 1. The molecule has 2 N–H and O–H groups in total. The Balaban J connectivity index is 1.96. The number of carbonyl (C=O) groups excluding carboxylic acids is 1. The van der Waals surface area contributed by atoms with Crippen molar-refractivity contribution in [3.63, 3.8) is 0 Å². The molecule has 0 saturated heterocycles. The van der Waals surface area contributed by atoms with Gasteiger partial charge < -0.3 is 5.73 Å². The van der Waals surface area contributed by atoms with E-state index in [-0.39, 0.29) is 5.78 Å². The summed E-state index contributed by atoms with van der Waals surface area (Å²) >= 11 is 1.41. The Hall–Kier alpha value is -1.68.